The minimum Gasteiger partial charge on any atom is -0.506 e. The quantitative estimate of drug-likeness (QED) is 0.169. The predicted octanol–water partition coefficient (Wildman–Crippen LogP) is -0.560. The lowest BCUT2D eigenvalue weighted by molar-refractivity contribution is -0.146. The van der Waals surface area contributed by atoms with Gasteiger partial charge >= 0.3 is 11.9 Å². The first-order valence-corrected chi connectivity index (χ1v) is 12.8. The summed E-state index contributed by atoms with van der Waals surface area (Å²) in [7, 11) is -4.00. The minimum atomic E-state index is -4.00. The van der Waals surface area contributed by atoms with Crippen LogP contribution in [0, 0.1) is 0 Å². The molecule has 0 bridgehead atoms. The number of cyclic esters (lactones) is 2. The molecule has 2 aliphatic heterocycles. The third kappa shape index (κ3) is 5.39. The molecule has 8 N–H and O–H groups in total. The fourth-order valence-corrected chi connectivity index (χ4v) is 5.02. The number of hydrogen-bond donors (Lipinski definition) is 8. The fraction of sp³-hybridized carbons (Fsp3) is 0.250. The second-order valence-corrected chi connectivity index (χ2v) is 10.4. The van der Waals surface area contributed by atoms with Gasteiger partial charge in [0.2, 0.25) is 9.84 Å². The van der Waals surface area contributed by atoms with Crippen molar-refractivity contribution >= 4 is 33.2 Å². The average molecular weight is 565 g/mol. The van der Waals surface area contributed by atoms with Crippen LogP contribution in [-0.4, -0.2) is 88.6 Å². The molecule has 0 fully saturated rings. The maximum atomic E-state index is 13.1. The Balaban J connectivity index is 1.48. The molecule has 0 amide bonds. The molecule has 208 valence electrons. The molecule has 0 saturated heterocycles. The largest absolute Gasteiger partial charge is 0.506 e. The highest BCUT2D eigenvalue weighted by Crippen LogP contribution is 2.29. The van der Waals surface area contributed by atoms with Gasteiger partial charge in [-0.25, -0.2) is 18.0 Å². The SMILES string of the molecule is O=C1O[C@@H]([C@H](O)CO)C(O)=C1Nc1ccc(S(=O)(=O)c2ccc(NC3=C(O)[C@@H]([C@H](O)CO)OC3=O)cc2)cc1. The monoisotopic (exact) mass is 564 g/mol. The van der Waals surface area contributed by atoms with Gasteiger partial charge in [-0.15, -0.1) is 0 Å². The van der Waals surface area contributed by atoms with Gasteiger partial charge in [-0.3, -0.25) is 0 Å². The van der Waals surface area contributed by atoms with E-state index < -0.39 is 70.9 Å². The number of anilines is 2. The number of carbonyl (C=O) groups excluding carboxylic acids is 2. The van der Waals surface area contributed by atoms with Crippen molar-refractivity contribution in [3.8, 4) is 0 Å². The van der Waals surface area contributed by atoms with Crippen LogP contribution in [0.3, 0.4) is 0 Å². The number of sulfone groups is 1. The first-order valence-electron chi connectivity index (χ1n) is 11.3. The van der Waals surface area contributed by atoms with Gasteiger partial charge in [-0.2, -0.15) is 0 Å². The Morgan fingerprint density at radius 1 is 0.692 bits per heavy atom. The van der Waals surface area contributed by atoms with Crippen LogP contribution in [0.5, 0.6) is 0 Å². The Morgan fingerprint density at radius 2 is 1.03 bits per heavy atom. The highest BCUT2D eigenvalue weighted by molar-refractivity contribution is 7.91. The topological polar surface area (TPSA) is 232 Å². The molecule has 2 aromatic carbocycles. The summed E-state index contributed by atoms with van der Waals surface area (Å²) in [5.41, 5.74) is -0.272. The van der Waals surface area contributed by atoms with Crippen molar-refractivity contribution < 1.29 is 58.1 Å². The number of aliphatic hydroxyl groups excluding tert-OH is 6. The van der Waals surface area contributed by atoms with Crippen molar-refractivity contribution in [2.45, 2.75) is 34.2 Å². The first-order chi connectivity index (χ1) is 18.5. The molecular formula is C24H24N2O12S. The van der Waals surface area contributed by atoms with Gasteiger partial charge in [0.05, 0.1) is 23.0 Å². The van der Waals surface area contributed by atoms with Crippen LogP contribution in [0.2, 0.25) is 0 Å². The molecule has 0 aliphatic carbocycles. The summed E-state index contributed by atoms with van der Waals surface area (Å²) >= 11 is 0. The zero-order valence-corrected chi connectivity index (χ0v) is 20.7. The summed E-state index contributed by atoms with van der Waals surface area (Å²) in [5, 5.41) is 62.8. The van der Waals surface area contributed by atoms with Gasteiger partial charge in [-0.1, -0.05) is 0 Å². The lowest BCUT2D eigenvalue weighted by Crippen LogP contribution is -2.31. The number of carbonyl (C=O) groups is 2. The van der Waals surface area contributed by atoms with Crippen LogP contribution in [-0.2, 0) is 28.9 Å². The van der Waals surface area contributed by atoms with E-state index in [2.05, 4.69) is 10.6 Å². The van der Waals surface area contributed by atoms with Crippen LogP contribution in [0.4, 0.5) is 11.4 Å². The van der Waals surface area contributed by atoms with Crippen LogP contribution in [0.1, 0.15) is 0 Å². The molecule has 14 nitrogen and oxygen atoms in total. The molecule has 2 aliphatic rings. The van der Waals surface area contributed by atoms with E-state index in [0.29, 0.717) is 0 Å². The Hall–Kier alpha value is -4.15. The Kier molecular flexibility index (Phi) is 7.80. The lowest BCUT2D eigenvalue weighted by atomic mass is 10.1. The molecule has 0 radical (unpaired) electrons. The van der Waals surface area contributed by atoms with Crippen molar-refractivity contribution in [3.05, 3.63) is 71.4 Å². The summed E-state index contributed by atoms with van der Waals surface area (Å²) in [4.78, 5) is 23.8. The zero-order valence-electron chi connectivity index (χ0n) is 19.9. The smallest absolute Gasteiger partial charge is 0.359 e. The Bertz CT molecular complexity index is 1330. The second-order valence-electron chi connectivity index (χ2n) is 8.47. The zero-order chi connectivity index (χ0) is 28.5. The fourth-order valence-electron chi connectivity index (χ4n) is 3.76. The number of benzene rings is 2. The normalized spacial score (nSPS) is 21.0. The van der Waals surface area contributed by atoms with E-state index in [1.165, 1.54) is 48.5 Å². The first kappa shape index (κ1) is 27.9. The number of ether oxygens (including phenoxy) is 2. The molecular weight excluding hydrogens is 540 g/mol. The van der Waals surface area contributed by atoms with E-state index in [0.717, 1.165) is 0 Å². The van der Waals surface area contributed by atoms with Gasteiger partial charge in [-0.05, 0) is 48.5 Å². The van der Waals surface area contributed by atoms with Crippen molar-refractivity contribution in [2.75, 3.05) is 23.8 Å². The lowest BCUT2D eigenvalue weighted by Gasteiger charge is -2.14. The van der Waals surface area contributed by atoms with Crippen LogP contribution >= 0.6 is 0 Å². The number of rotatable bonds is 10. The van der Waals surface area contributed by atoms with Gasteiger partial charge < -0.3 is 50.7 Å². The molecule has 2 aromatic rings. The van der Waals surface area contributed by atoms with Crippen molar-refractivity contribution in [2.24, 2.45) is 0 Å². The van der Waals surface area contributed by atoms with E-state index in [9.17, 15) is 38.4 Å². The summed E-state index contributed by atoms with van der Waals surface area (Å²) in [5.74, 6) is -3.15. The van der Waals surface area contributed by atoms with Crippen LogP contribution in [0.25, 0.3) is 0 Å². The van der Waals surface area contributed by atoms with Gasteiger partial charge in [0, 0.05) is 11.4 Å². The molecule has 15 heteroatoms. The number of hydrogen-bond acceptors (Lipinski definition) is 14. The van der Waals surface area contributed by atoms with E-state index >= 15 is 0 Å². The standard InChI is InChI=1S/C24H24N2O12S/c27-9-15(29)21-19(31)17(23(33)37-21)25-11-1-5-13(6-2-11)39(35,36)14-7-3-12(4-8-14)26-18-20(32)22(16(30)10-28)38-24(18)34/h1-8,15-16,21-22,25-32H,9-10H2/t15-,16-,21-,22+/m1/s1. The highest BCUT2D eigenvalue weighted by atomic mass is 32.2. The maximum absolute atomic E-state index is 13.1. The summed E-state index contributed by atoms with van der Waals surface area (Å²) in [6.45, 7) is -1.50. The van der Waals surface area contributed by atoms with E-state index in [1.807, 2.05) is 0 Å². The summed E-state index contributed by atoms with van der Waals surface area (Å²) in [6, 6.07) is 10.4. The molecule has 39 heavy (non-hydrogen) atoms. The predicted molar refractivity (Wildman–Crippen MR) is 131 cm³/mol. The third-order valence-corrected chi connectivity index (χ3v) is 7.65. The van der Waals surface area contributed by atoms with E-state index in [-0.39, 0.29) is 32.6 Å². The second kappa shape index (κ2) is 10.9. The van der Waals surface area contributed by atoms with Crippen molar-refractivity contribution in [1.29, 1.82) is 0 Å². The molecule has 0 spiro atoms. The Labute approximate surface area is 221 Å². The van der Waals surface area contributed by atoms with Crippen molar-refractivity contribution in [3.63, 3.8) is 0 Å². The van der Waals surface area contributed by atoms with Crippen LogP contribution < -0.4 is 10.6 Å². The van der Waals surface area contributed by atoms with Crippen LogP contribution in [0.15, 0.2) is 81.2 Å². The third-order valence-electron chi connectivity index (χ3n) is 5.87. The number of nitrogens with one attached hydrogen (secondary N) is 2. The number of esters is 2. The van der Waals surface area contributed by atoms with E-state index in [4.69, 9.17) is 19.7 Å². The average Bonchev–Trinajstić information content (AvgIpc) is 3.37. The van der Waals surface area contributed by atoms with Gasteiger partial charge in [0.15, 0.2) is 35.1 Å². The summed E-state index contributed by atoms with van der Waals surface area (Å²) < 4.78 is 35.8. The molecule has 0 saturated carbocycles. The van der Waals surface area contributed by atoms with E-state index in [1.54, 1.807) is 0 Å². The minimum absolute atomic E-state index is 0.102. The van der Waals surface area contributed by atoms with Gasteiger partial charge in [0.25, 0.3) is 0 Å². The highest BCUT2D eigenvalue weighted by Gasteiger charge is 2.40. The molecule has 0 unspecified atom stereocenters. The maximum Gasteiger partial charge on any atom is 0.359 e. The van der Waals surface area contributed by atoms with Crippen molar-refractivity contribution in [1.82, 2.24) is 0 Å². The number of aliphatic hydroxyl groups is 6. The molecule has 2 heterocycles. The van der Waals surface area contributed by atoms with Gasteiger partial charge in [0.1, 0.15) is 12.2 Å². The molecule has 4 rings (SSSR count). The molecule has 4 atom stereocenters. The molecule has 0 aromatic heterocycles. The summed E-state index contributed by atoms with van der Waals surface area (Å²) in [6.07, 6.45) is -5.91. The Morgan fingerprint density at radius 3 is 1.33 bits per heavy atom.